The molecular weight excluding hydrogens is 267 g/mol. The quantitative estimate of drug-likeness (QED) is 0.818. The van der Waals surface area contributed by atoms with Crippen molar-refractivity contribution in [2.24, 2.45) is 10.1 Å². The molecule has 0 saturated heterocycles. The normalized spacial score (nSPS) is 21.6. The van der Waals surface area contributed by atoms with E-state index in [1.165, 1.54) is 11.2 Å². The molecule has 1 unspecified atom stereocenters. The Morgan fingerprint density at radius 1 is 1.20 bits per heavy atom. The van der Waals surface area contributed by atoms with Crippen molar-refractivity contribution < 1.29 is 13.2 Å². The fourth-order valence-corrected chi connectivity index (χ4v) is 2.36. The lowest BCUT2D eigenvalue weighted by Gasteiger charge is -2.21. The third-order valence-corrected chi connectivity index (χ3v) is 3.24. The lowest BCUT2D eigenvalue weighted by molar-refractivity contribution is -0.0868. The summed E-state index contributed by atoms with van der Waals surface area (Å²) >= 11 is 0. The van der Waals surface area contributed by atoms with Gasteiger partial charge in [-0.25, -0.2) is 5.01 Å². The van der Waals surface area contributed by atoms with Crippen molar-refractivity contribution in [2.75, 3.05) is 6.54 Å². The zero-order valence-electron chi connectivity index (χ0n) is 10.5. The third-order valence-electron chi connectivity index (χ3n) is 3.24. The standard InChI is InChI=1S/C14H12F3N3/c15-14(16,17)12-6-7-18-20-9-11(19-13(12)20)8-10-4-2-1-3-5-10/h1-7,11H,8-9H2. The Kier molecular flexibility index (Phi) is 3.08. The van der Waals surface area contributed by atoms with Crippen LogP contribution in [0, 0.1) is 0 Å². The molecule has 2 heterocycles. The molecule has 1 aromatic carbocycles. The summed E-state index contributed by atoms with van der Waals surface area (Å²) in [7, 11) is 0. The van der Waals surface area contributed by atoms with Gasteiger partial charge < -0.3 is 0 Å². The number of hydrogen-bond acceptors (Lipinski definition) is 3. The van der Waals surface area contributed by atoms with E-state index >= 15 is 0 Å². The van der Waals surface area contributed by atoms with E-state index in [9.17, 15) is 13.2 Å². The van der Waals surface area contributed by atoms with E-state index in [4.69, 9.17) is 0 Å². The van der Waals surface area contributed by atoms with E-state index in [0.29, 0.717) is 13.0 Å². The Morgan fingerprint density at radius 3 is 2.65 bits per heavy atom. The second-order valence-electron chi connectivity index (χ2n) is 4.72. The Labute approximate surface area is 114 Å². The highest BCUT2D eigenvalue weighted by atomic mass is 19.4. The Hall–Kier alpha value is -2.11. The summed E-state index contributed by atoms with van der Waals surface area (Å²) in [5.41, 5.74) is 0.339. The van der Waals surface area contributed by atoms with Gasteiger partial charge in [0, 0.05) is 6.21 Å². The van der Waals surface area contributed by atoms with E-state index in [1.54, 1.807) is 0 Å². The largest absolute Gasteiger partial charge is 0.420 e. The van der Waals surface area contributed by atoms with Gasteiger partial charge >= 0.3 is 6.18 Å². The smallest absolute Gasteiger partial charge is 0.261 e. The van der Waals surface area contributed by atoms with E-state index in [2.05, 4.69) is 10.1 Å². The summed E-state index contributed by atoms with van der Waals surface area (Å²) in [6, 6.07) is 9.41. The van der Waals surface area contributed by atoms with Crippen LogP contribution in [0.1, 0.15) is 5.56 Å². The SMILES string of the molecule is FC(F)(F)C1=CC=NN2CC(Cc3ccccc3)N=C12. The Bertz CT molecular complexity index is 587. The first-order valence-corrected chi connectivity index (χ1v) is 6.25. The number of halogens is 3. The lowest BCUT2D eigenvalue weighted by atomic mass is 10.1. The highest BCUT2D eigenvalue weighted by Crippen LogP contribution is 2.32. The summed E-state index contributed by atoms with van der Waals surface area (Å²) in [5, 5.41) is 5.28. The predicted molar refractivity (Wildman–Crippen MR) is 70.7 cm³/mol. The Morgan fingerprint density at radius 2 is 1.95 bits per heavy atom. The van der Waals surface area contributed by atoms with Gasteiger partial charge in [-0.1, -0.05) is 30.3 Å². The van der Waals surface area contributed by atoms with Crippen molar-refractivity contribution in [2.45, 2.75) is 18.6 Å². The number of allylic oxidation sites excluding steroid dienone is 1. The predicted octanol–water partition coefficient (Wildman–Crippen LogP) is 2.80. The number of nitrogens with zero attached hydrogens (tertiary/aromatic N) is 3. The van der Waals surface area contributed by atoms with E-state index in [-0.39, 0.29) is 11.9 Å². The molecule has 0 spiro atoms. The van der Waals surface area contributed by atoms with Gasteiger partial charge in [0.1, 0.15) is 5.57 Å². The van der Waals surface area contributed by atoms with E-state index in [0.717, 1.165) is 11.6 Å². The fraction of sp³-hybridized carbons (Fsp3) is 0.286. The van der Waals surface area contributed by atoms with Crippen molar-refractivity contribution in [3.8, 4) is 0 Å². The minimum atomic E-state index is -4.40. The summed E-state index contributed by atoms with van der Waals surface area (Å²) in [6.07, 6.45) is -1.64. The summed E-state index contributed by atoms with van der Waals surface area (Å²) in [6.45, 7) is 0.383. The molecule has 6 heteroatoms. The van der Waals surface area contributed by atoms with Crippen molar-refractivity contribution >= 4 is 12.1 Å². The van der Waals surface area contributed by atoms with Crippen LogP contribution in [0.4, 0.5) is 13.2 Å². The van der Waals surface area contributed by atoms with Crippen LogP contribution < -0.4 is 0 Å². The molecule has 0 N–H and O–H groups in total. The van der Waals surface area contributed by atoms with Gasteiger partial charge in [-0.3, -0.25) is 4.99 Å². The van der Waals surface area contributed by atoms with Crippen LogP contribution in [0.5, 0.6) is 0 Å². The van der Waals surface area contributed by atoms with Crippen molar-refractivity contribution in [1.29, 1.82) is 0 Å². The van der Waals surface area contributed by atoms with Crippen LogP contribution >= 0.6 is 0 Å². The number of fused-ring (bicyclic) bond motifs is 1. The molecule has 2 aliphatic rings. The molecule has 3 nitrogen and oxygen atoms in total. The van der Waals surface area contributed by atoms with Crippen LogP contribution in [0.25, 0.3) is 0 Å². The second-order valence-corrected chi connectivity index (χ2v) is 4.72. The maximum absolute atomic E-state index is 12.9. The van der Waals surface area contributed by atoms with Crippen LogP contribution in [-0.4, -0.2) is 35.8 Å². The zero-order valence-corrected chi connectivity index (χ0v) is 10.5. The fourth-order valence-electron chi connectivity index (χ4n) is 2.36. The van der Waals surface area contributed by atoms with Crippen molar-refractivity contribution in [3.05, 3.63) is 47.5 Å². The molecule has 0 fully saturated rings. The van der Waals surface area contributed by atoms with Gasteiger partial charge in [-0.2, -0.15) is 18.3 Å². The van der Waals surface area contributed by atoms with Gasteiger partial charge in [0.15, 0.2) is 5.84 Å². The first kappa shape index (κ1) is 12.9. The second kappa shape index (κ2) is 4.77. The summed E-state index contributed by atoms with van der Waals surface area (Å²) in [4.78, 5) is 4.19. The van der Waals surface area contributed by atoms with Crippen LogP contribution in [0.15, 0.2) is 52.1 Å². The monoisotopic (exact) mass is 279 g/mol. The first-order valence-electron chi connectivity index (χ1n) is 6.25. The average Bonchev–Trinajstić information content (AvgIpc) is 2.80. The molecule has 1 atom stereocenters. The molecule has 0 aliphatic carbocycles. The lowest BCUT2D eigenvalue weighted by Crippen LogP contribution is -2.33. The first-order chi connectivity index (χ1) is 9.54. The molecule has 0 radical (unpaired) electrons. The Balaban J connectivity index is 1.82. The van der Waals surface area contributed by atoms with Gasteiger partial charge in [0.25, 0.3) is 0 Å². The number of benzene rings is 1. The molecule has 0 bridgehead atoms. The molecule has 0 aromatic heterocycles. The minimum absolute atomic E-state index is 0.0686. The van der Waals surface area contributed by atoms with Gasteiger partial charge in [0.2, 0.25) is 0 Å². The maximum Gasteiger partial charge on any atom is 0.420 e. The maximum atomic E-state index is 12.9. The van der Waals surface area contributed by atoms with Crippen molar-refractivity contribution in [3.63, 3.8) is 0 Å². The van der Waals surface area contributed by atoms with Crippen LogP contribution in [-0.2, 0) is 6.42 Å². The topological polar surface area (TPSA) is 28.0 Å². The van der Waals surface area contributed by atoms with Crippen LogP contribution in [0.2, 0.25) is 0 Å². The van der Waals surface area contributed by atoms with E-state index < -0.39 is 11.7 Å². The highest BCUT2D eigenvalue weighted by Gasteiger charge is 2.42. The average molecular weight is 279 g/mol. The number of aliphatic imine (C=N–C) groups is 1. The molecule has 0 amide bonds. The summed E-state index contributed by atoms with van der Waals surface area (Å²) in [5.74, 6) is -0.0686. The number of amidine groups is 1. The van der Waals surface area contributed by atoms with Crippen molar-refractivity contribution in [1.82, 2.24) is 5.01 Å². The zero-order chi connectivity index (χ0) is 14.2. The minimum Gasteiger partial charge on any atom is -0.261 e. The summed E-state index contributed by atoms with van der Waals surface area (Å²) < 4.78 is 38.7. The molecule has 1 aromatic rings. The molecule has 2 aliphatic heterocycles. The molecule has 0 saturated carbocycles. The molecule has 20 heavy (non-hydrogen) atoms. The number of alkyl halides is 3. The third kappa shape index (κ3) is 2.45. The number of hydrazone groups is 1. The van der Waals surface area contributed by atoms with Gasteiger partial charge in [-0.05, 0) is 18.1 Å². The molecule has 104 valence electrons. The molecule has 3 rings (SSSR count). The highest BCUT2D eigenvalue weighted by molar-refractivity contribution is 6.05. The van der Waals surface area contributed by atoms with Crippen LogP contribution in [0.3, 0.4) is 0 Å². The van der Waals surface area contributed by atoms with Gasteiger partial charge in [0.05, 0.1) is 12.6 Å². The van der Waals surface area contributed by atoms with E-state index in [1.807, 2.05) is 30.3 Å². The molecular formula is C14H12F3N3. The number of hydrogen-bond donors (Lipinski definition) is 0. The number of rotatable bonds is 2. The van der Waals surface area contributed by atoms with Gasteiger partial charge in [-0.15, -0.1) is 0 Å².